The molecular formula is C22H26N2O3. The quantitative estimate of drug-likeness (QED) is 0.879. The lowest BCUT2D eigenvalue weighted by atomic mass is 10.1. The van der Waals surface area contributed by atoms with Crippen LogP contribution in [-0.4, -0.2) is 36.9 Å². The van der Waals surface area contributed by atoms with Crippen molar-refractivity contribution >= 4 is 17.5 Å². The minimum absolute atomic E-state index is 0.0241. The Kier molecular flexibility index (Phi) is 6.12. The number of nitrogens with zero attached hydrogens (tertiary/aromatic N) is 1. The highest BCUT2D eigenvalue weighted by molar-refractivity contribution is 6.10. The van der Waals surface area contributed by atoms with Crippen molar-refractivity contribution in [3.8, 4) is 5.75 Å². The van der Waals surface area contributed by atoms with Gasteiger partial charge in [-0.15, -0.1) is 0 Å². The molecule has 27 heavy (non-hydrogen) atoms. The van der Waals surface area contributed by atoms with Crippen LogP contribution in [0.1, 0.15) is 52.0 Å². The summed E-state index contributed by atoms with van der Waals surface area (Å²) in [6.45, 7) is 3.44. The van der Waals surface area contributed by atoms with Gasteiger partial charge in [0.25, 0.3) is 11.8 Å². The second kappa shape index (κ2) is 8.71. The Balaban J connectivity index is 1.85. The molecule has 1 aliphatic heterocycles. The summed E-state index contributed by atoms with van der Waals surface area (Å²) in [6, 6.07) is 12.6. The predicted octanol–water partition coefficient (Wildman–Crippen LogP) is 4.27. The number of rotatable bonds is 4. The van der Waals surface area contributed by atoms with Gasteiger partial charge in [-0.1, -0.05) is 37.1 Å². The van der Waals surface area contributed by atoms with Gasteiger partial charge < -0.3 is 15.0 Å². The number of likely N-dealkylation sites (tertiary alicyclic amines) is 1. The minimum Gasteiger partial charge on any atom is -0.496 e. The second-order valence-electron chi connectivity index (χ2n) is 6.86. The molecule has 0 radical (unpaired) electrons. The molecule has 5 nitrogen and oxygen atoms in total. The van der Waals surface area contributed by atoms with Crippen molar-refractivity contribution in [1.82, 2.24) is 4.90 Å². The number of anilines is 1. The molecule has 1 saturated heterocycles. The van der Waals surface area contributed by atoms with Crippen LogP contribution >= 0.6 is 0 Å². The van der Waals surface area contributed by atoms with E-state index in [1.165, 1.54) is 0 Å². The van der Waals surface area contributed by atoms with E-state index in [1.807, 2.05) is 36.1 Å². The highest BCUT2D eigenvalue weighted by Gasteiger charge is 2.22. The molecule has 0 aromatic heterocycles. The predicted molar refractivity (Wildman–Crippen MR) is 106 cm³/mol. The van der Waals surface area contributed by atoms with Gasteiger partial charge in [-0.2, -0.15) is 0 Å². The Morgan fingerprint density at radius 2 is 1.59 bits per heavy atom. The molecule has 3 rings (SSSR count). The van der Waals surface area contributed by atoms with Crippen molar-refractivity contribution in [2.45, 2.75) is 32.6 Å². The van der Waals surface area contributed by atoms with E-state index in [2.05, 4.69) is 5.32 Å². The summed E-state index contributed by atoms with van der Waals surface area (Å²) in [5, 5.41) is 2.90. The van der Waals surface area contributed by atoms with Gasteiger partial charge in [0.2, 0.25) is 0 Å². The van der Waals surface area contributed by atoms with Gasteiger partial charge >= 0.3 is 0 Å². The minimum atomic E-state index is -0.285. The summed E-state index contributed by atoms with van der Waals surface area (Å²) >= 11 is 0. The molecule has 2 aromatic rings. The molecule has 2 amide bonds. The van der Waals surface area contributed by atoms with Crippen LogP contribution in [0, 0.1) is 6.92 Å². The van der Waals surface area contributed by atoms with Crippen molar-refractivity contribution in [3.63, 3.8) is 0 Å². The zero-order valence-corrected chi connectivity index (χ0v) is 16.0. The van der Waals surface area contributed by atoms with Gasteiger partial charge in [-0.25, -0.2) is 0 Å². The Labute approximate surface area is 160 Å². The number of methoxy groups -OCH3 is 1. The van der Waals surface area contributed by atoms with E-state index >= 15 is 0 Å². The highest BCUT2D eigenvalue weighted by Crippen LogP contribution is 2.25. The van der Waals surface area contributed by atoms with Crippen LogP contribution in [0.2, 0.25) is 0 Å². The maximum Gasteiger partial charge on any atom is 0.259 e. The molecule has 1 fully saturated rings. The van der Waals surface area contributed by atoms with E-state index in [0.717, 1.165) is 44.3 Å². The third-order valence-corrected chi connectivity index (χ3v) is 4.96. The Hall–Kier alpha value is -2.82. The van der Waals surface area contributed by atoms with Crippen molar-refractivity contribution in [2.75, 3.05) is 25.5 Å². The first kappa shape index (κ1) is 19.0. The molecule has 0 aliphatic carbocycles. The number of aryl methyl sites for hydroxylation is 1. The third-order valence-electron chi connectivity index (χ3n) is 4.96. The van der Waals surface area contributed by atoms with Crippen LogP contribution in [-0.2, 0) is 0 Å². The summed E-state index contributed by atoms with van der Waals surface area (Å²) < 4.78 is 5.39. The number of hydrogen-bond donors (Lipinski definition) is 1. The van der Waals surface area contributed by atoms with Gasteiger partial charge in [0.1, 0.15) is 5.75 Å². The fraction of sp³-hybridized carbons (Fsp3) is 0.364. The molecule has 1 aliphatic rings. The van der Waals surface area contributed by atoms with Crippen molar-refractivity contribution < 1.29 is 14.3 Å². The number of amides is 2. The van der Waals surface area contributed by atoms with E-state index in [0.29, 0.717) is 22.6 Å². The first-order valence-electron chi connectivity index (χ1n) is 9.45. The lowest BCUT2D eigenvalue weighted by molar-refractivity contribution is 0.0762. The SMILES string of the molecule is COc1c(C)cccc1C(=O)Nc1ccccc1C(=O)N1CCCCCC1. The molecule has 1 N–H and O–H groups in total. The Morgan fingerprint density at radius 3 is 2.30 bits per heavy atom. The fourth-order valence-corrected chi connectivity index (χ4v) is 3.51. The van der Waals surface area contributed by atoms with Crippen LogP contribution in [0.25, 0.3) is 0 Å². The van der Waals surface area contributed by atoms with Gasteiger partial charge in [-0.3, -0.25) is 9.59 Å². The first-order chi connectivity index (χ1) is 13.1. The van der Waals surface area contributed by atoms with E-state index in [1.54, 1.807) is 25.3 Å². The summed E-state index contributed by atoms with van der Waals surface area (Å²) in [5.74, 6) is 0.238. The van der Waals surface area contributed by atoms with Crippen molar-refractivity contribution in [3.05, 3.63) is 59.2 Å². The molecule has 0 bridgehead atoms. The van der Waals surface area contributed by atoms with Crippen LogP contribution in [0.3, 0.4) is 0 Å². The largest absolute Gasteiger partial charge is 0.496 e. The average Bonchev–Trinajstić information content (AvgIpc) is 2.97. The molecule has 5 heteroatoms. The zero-order valence-electron chi connectivity index (χ0n) is 16.0. The Morgan fingerprint density at radius 1 is 0.926 bits per heavy atom. The lowest BCUT2D eigenvalue weighted by Crippen LogP contribution is -2.32. The molecule has 1 heterocycles. The standard InChI is InChI=1S/C22H26N2O3/c1-16-10-9-12-18(20(16)27-2)21(25)23-19-13-6-5-11-17(19)22(26)24-14-7-3-4-8-15-24/h5-6,9-13H,3-4,7-8,14-15H2,1-2H3,(H,23,25). The van der Waals surface area contributed by atoms with Crippen molar-refractivity contribution in [2.24, 2.45) is 0 Å². The number of carbonyl (C=O) groups excluding carboxylic acids is 2. The van der Waals surface area contributed by atoms with Crippen molar-refractivity contribution in [1.29, 1.82) is 0 Å². The fourth-order valence-electron chi connectivity index (χ4n) is 3.51. The van der Waals surface area contributed by atoms with E-state index in [-0.39, 0.29) is 11.8 Å². The number of carbonyl (C=O) groups is 2. The number of hydrogen-bond acceptors (Lipinski definition) is 3. The van der Waals surface area contributed by atoms with E-state index in [4.69, 9.17) is 4.74 Å². The van der Waals surface area contributed by atoms with Crippen LogP contribution < -0.4 is 10.1 Å². The molecule has 142 valence electrons. The van der Waals surface area contributed by atoms with Crippen LogP contribution in [0.4, 0.5) is 5.69 Å². The maximum absolute atomic E-state index is 13.0. The summed E-state index contributed by atoms with van der Waals surface area (Å²) in [6.07, 6.45) is 4.38. The third kappa shape index (κ3) is 4.30. The molecule has 0 atom stereocenters. The highest BCUT2D eigenvalue weighted by atomic mass is 16.5. The molecular weight excluding hydrogens is 340 g/mol. The average molecular weight is 366 g/mol. The maximum atomic E-state index is 13.0. The smallest absolute Gasteiger partial charge is 0.259 e. The number of nitrogens with one attached hydrogen (secondary N) is 1. The molecule has 0 unspecified atom stereocenters. The van der Waals surface area contributed by atoms with Gasteiger partial charge in [0, 0.05) is 13.1 Å². The number of para-hydroxylation sites is 2. The Bertz CT molecular complexity index is 824. The number of ether oxygens (including phenoxy) is 1. The molecule has 0 saturated carbocycles. The van der Waals surface area contributed by atoms with E-state index in [9.17, 15) is 9.59 Å². The van der Waals surface area contributed by atoms with Crippen LogP contribution in [0.15, 0.2) is 42.5 Å². The monoisotopic (exact) mass is 366 g/mol. The summed E-state index contributed by atoms with van der Waals surface area (Å²) in [5.41, 5.74) is 2.40. The summed E-state index contributed by atoms with van der Waals surface area (Å²) in [7, 11) is 1.55. The number of benzene rings is 2. The van der Waals surface area contributed by atoms with Gasteiger partial charge in [0.05, 0.1) is 23.9 Å². The zero-order chi connectivity index (χ0) is 19.2. The summed E-state index contributed by atoms with van der Waals surface area (Å²) in [4.78, 5) is 27.7. The molecule has 2 aromatic carbocycles. The normalized spacial score (nSPS) is 14.4. The molecule has 0 spiro atoms. The van der Waals surface area contributed by atoms with E-state index < -0.39 is 0 Å². The van der Waals surface area contributed by atoms with Crippen LogP contribution in [0.5, 0.6) is 5.75 Å². The lowest BCUT2D eigenvalue weighted by Gasteiger charge is -2.22. The second-order valence-corrected chi connectivity index (χ2v) is 6.86. The topological polar surface area (TPSA) is 58.6 Å². The van der Waals surface area contributed by atoms with Gasteiger partial charge in [-0.05, 0) is 43.5 Å². The van der Waals surface area contributed by atoms with Gasteiger partial charge in [0.15, 0.2) is 0 Å². The first-order valence-corrected chi connectivity index (χ1v) is 9.45.